The van der Waals surface area contributed by atoms with Crippen LogP contribution in [0.3, 0.4) is 0 Å². The molecule has 1 aliphatic rings. The largest absolute Gasteiger partial charge is 0.495 e. The zero-order chi connectivity index (χ0) is 19.4. The molecule has 0 spiro atoms. The summed E-state index contributed by atoms with van der Waals surface area (Å²) in [5.74, 6) is 1.39. The highest BCUT2D eigenvalue weighted by Gasteiger charge is 2.25. The van der Waals surface area contributed by atoms with Gasteiger partial charge in [-0.3, -0.25) is 4.79 Å². The van der Waals surface area contributed by atoms with Gasteiger partial charge in [0.15, 0.2) is 0 Å². The van der Waals surface area contributed by atoms with E-state index in [9.17, 15) is 4.79 Å². The molecule has 8 nitrogen and oxygen atoms in total. The maximum absolute atomic E-state index is 11.1. The number of nitrogens with zero attached hydrogens (tertiary/aromatic N) is 3. The molecule has 27 heavy (non-hydrogen) atoms. The molecule has 1 saturated heterocycles. The molecule has 1 aromatic carbocycles. The van der Waals surface area contributed by atoms with Gasteiger partial charge in [0.05, 0.1) is 30.8 Å². The highest BCUT2D eigenvalue weighted by Crippen LogP contribution is 2.37. The van der Waals surface area contributed by atoms with Crippen LogP contribution in [0.4, 0.5) is 17.3 Å². The highest BCUT2D eigenvalue weighted by molar-refractivity contribution is 6.32. The minimum atomic E-state index is -0.733. The molecule has 9 heteroatoms. The van der Waals surface area contributed by atoms with Crippen molar-refractivity contribution in [1.82, 2.24) is 9.97 Å². The molecule has 1 aromatic heterocycles. The summed E-state index contributed by atoms with van der Waals surface area (Å²) in [7, 11) is 3.10. The third-order valence-electron chi connectivity index (χ3n) is 4.56. The van der Waals surface area contributed by atoms with Crippen molar-refractivity contribution >= 4 is 34.9 Å². The molecule has 0 bridgehead atoms. The number of hydrogen-bond donors (Lipinski definition) is 2. The van der Waals surface area contributed by atoms with Gasteiger partial charge >= 0.3 is 5.97 Å². The average molecular weight is 393 g/mol. The van der Waals surface area contributed by atoms with E-state index in [1.165, 1.54) is 6.33 Å². The van der Waals surface area contributed by atoms with E-state index in [1.807, 2.05) is 6.07 Å². The Labute approximate surface area is 162 Å². The van der Waals surface area contributed by atoms with E-state index in [0.717, 1.165) is 5.82 Å². The van der Waals surface area contributed by atoms with Crippen molar-refractivity contribution in [2.45, 2.75) is 12.8 Å². The number of carbonyl (C=O) groups is 1. The molecule has 0 aliphatic carbocycles. The number of halogens is 1. The van der Waals surface area contributed by atoms with Crippen molar-refractivity contribution in [2.24, 2.45) is 5.92 Å². The van der Waals surface area contributed by atoms with E-state index < -0.39 is 5.97 Å². The van der Waals surface area contributed by atoms with Gasteiger partial charge in [0.25, 0.3) is 0 Å². The number of rotatable bonds is 6. The zero-order valence-corrected chi connectivity index (χ0v) is 15.9. The number of hydrogen-bond acceptors (Lipinski definition) is 7. The maximum Gasteiger partial charge on any atom is 0.306 e. The van der Waals surface area contributed by atoms with E-state index in [1.54, 1.807) is 26.4 Å². The summed E-state index contributed by atoms with van der Waals surface area (Å²) >= 11 is 6.14. The minimum Gasteiger partial charge on any atom is -0.495 e. The second-order valence-electron chi connectivity index (χ2n) is 6.17. The Morgan fingerprint density at radius 2 is 1.89 bits per heavy atom. The van der Waals surface area contributed by atoms with E-state index in [-0.39, 0.29) is 5.92 Å². The summed E-state index contributed by atoms with van der Waals surface area (Å²) in [6.07, 6.45) is 2.68. The Morgan fingerprint density at radius 3 is 2.52 bits per heavy atom. The topological polar surface area (TPSA) is 96.8 Å². The number of anilines is 3. The van der Waals surface area contributed by atoms with Crippen LogP contribution < -0.4 is 19.7 Å². The minimum absolute atomic E-state index is 0.286. The first-order valence-electron chi connectivity index (χ1n) is 8.50. The number of carboxylic acids is 1. The molecule has 2 N–H and O–H groups in total. The summed E-state index contributed by atoms with van der Waals surface area (Å²) in [5, 5.41) is 12.8. The average Bonchev–Trinajstić information content (AvgIpc) is 2.69. The first-order valence-corrected chi connectivity index (χ1v) is 8.88. The fraction of sp³-hybridized carbons (Fsp3) is 0.389. The second-order valence-corrected chi connectivity index (χ2v) is 6.58. The summed E-state index contributed by atoms with van der Waals surface area (Å²) in [6, 6.07) is 5.23. The van der Waals surface area contributed by atoms with Crippen molar-refractivity contribution in [2.75, 3.05) is 37.5 Å². The van der Waals surface area contributed by atoms with Gasteiger partial charge in [-0.1, -0.05) is 11.6 Å². The van der Waals surface area contributed by atoms with Crippen LogP contribution in [0.5, 0.6) is 11.5 Å². The molecular weight excluding hydrogens is 372 g/mol. The van der Waals surface area contributed by atoms with Crippen LogP contribution in [-0.4, -0.2) is 48.4 Å². The van der Waals surface area contributed by atoms with Gasteiger partial charge < -0.3 is 24.8 Å². The van der Waals surface area contributed by atoms with E-state index >= 15 is 0 Å². The molecule has 1 fully saturated rings. The SMILES string of the molecule is COc1cc(Nc2cc(N3CCC(C(=O)O)CC3)ncn2)c(OC)cc1Cl. The Morgan fingerprint density at radius 1 is 1.19 bits per heavy atom. The molecule has 1 aliphatic heterocycles. The van der Waals surface area contributed by atoms with Crippen molar-refractivity contribution in [3.63, 3.8) is 0 Å². The van der Waals surface area contributed by atoms with E-state index in [0.29, 0.717) is 54.0 Å². The van der Waals surface area contributed by atoms with Gasteiger partial charge in [-0.2, -0.15) is 0 Å². The number of carboxylic acid groups (broad SMARTS) is 1. The zero-order valence-electron chi connectivity index (χ0n) is 15.1. The number of benzene rings is 1. The lowest BCUT2D eigenvalue weighted by Gasteiger charge is -2.31. The first-order chi connectivity index (χ1) is 13.0. The number of ether oxygens (including phenoxy) is 2. The van der Waals surface area contributed by atoms with Gasteiger partial charge in [-0.25, -0.2) is 9.97 Å². The molecule has 144 valence electrons. The van der Waals surface area contributed by atoms with E-state index in [2.05, 4.69) is 20.2 Å². The lowest BCUT2D eigenvalue weighted by Crippen LogP contribution is -2.36. The molecular formula is C18H21ClN4O4. The van der Waals surface area contributed by atoms with Crippen LogP contribution in [0, 0.1) is 5.92 Å². The molecule has 0 radical (unpaired) electrons. The van der Waals surface area contributed by atoms with Gasteiger partial charge in [-0.15, -0.1) is 0 Å². The smallest absolute Gasteiger partial charge is 0.306 e. The number of aromatic nitrogens is 2. The highest BCUT2D eigenvalue weighted by atomic mass is 35.5. The monoisotopic (exact) mass is 392 g/mol. The fourth-order valence-electron chi connectivity index (χ4n) is 3.04. The van der Waals surface area contributed by atoms with Gasteiger partial charge in [0, 0.05) is 31.3 Å². The third-order valence-corrected chi connectivity index (χ3v) is 4.85. The number of aliphatic carboxylic acids is 1. The summed E-state index contributed by atoms with van der Waals surface area (Å²) in [6.45, 7) is 1.29. The van der Waals surface area contributed by atoms with Crippen LogP contribution in [0.2, 0.25) is 5.02 Å². The van der Waals surface area contributed by atoms with Crippen LogP contribution >= 0.6 is 11.6 Å². The lowest BCUT2D eigenvalue weighted by atomic mass is 9.97. The fourth-order valence-corrected chi connectivity index (χ4v) is 3.27. The summed E-state index contributed by atoms with van der Waals surface area (Å²) in [5.41, 5.74) is 0.660. The molecule has 0 amide bonds. The third kappa shape index (κ3) is 4.33. The molecule has 2 aromatic rings. The van der Waals surface area contributed by atoms with Crippen molar-refractivity contribution < 1.29 is 19.4 Å². The van der Waals surface area contributed by atoms with Crippen molar-refractivity contribution in [3.05, 3.63) is 29.5 Å². The Kier molecular flexibility index (Phi) is 5.85. The lowest BCUT2D eigenvalue weighted by molar-refractivity contribution is -0.142. The molecule has 2 heterocycles. The number of piperidine rings is 1. The molecule has 0 saturated carbocycles. The van der Waals surface area contributed by atoms with Crippen molar-refractivity contribution in [1.29, 1.82) is 0 Å². The predicted molar refractivity (Wildman–Crippen MR) is 102 cm³/mol. The Hall–Kier alpha value is -2.74. The maximum atomic E-state index is 11.1. The summed E-state index contributed by atoms with van der Waals surface area (Å²) < 4.78 is 10.6. The number of nitrogens with one attached hydrogen (secondary N) is 1. The first kappa shape index (κ1) is 19.0. The van der Waals surface area contributed by atoms with Gasteiger partial charge in [0.2, 0.25) is 0 Å². The van der Waals surface area contributed by atoms with Gasteiger partial charge in [0.1, 0.15) is 29.5 Å². The van der Waals surface area contributed by atoms with Crippen LogP contribution in [0.15, 0.2) is 24.5 Å². The van der Waals surface area contributed by atoms with Gasteiger partial charge in [-0.05, 0) is 12.8 Å². The Bertz CT molecular complexity index is 825. The second kappa shape index (κ2) is 8.30. The molecule has 0 unspecified atom stereocenters. The van der Waals surface area contributed by atoms with Crippen LogP contribution in [0.25, 0.3) is 0 Å². The number of methoxy groups -OCH3 is 2. The molecule has 3 rings (SSSR count). The quantitative estimate of drug-likeness (QED) is 0.773. The normalized spacial score (nSPS) is 14.7. The van der Waals surface area contributed by atoms with Crippen molar-refractivity contribution in [3.8, 4) is 11.5 Å². The van der Waals surface area contributed by atoms with E-state index in [4.69, 9.17) is 26.2 Å². The Balaban J connectivity index is 1.78. The standard InChI is InChI=1S/C18H21ClN4O4/c1-26-14-8-13(15(27-2)7-12(14)19)22-16-9-17(21-10-20-16)23-5-3-11(4-6-23)18(24)25/h7-11H,3-6H2,1-2H3,(H,24,25)(H,20,21,22). The van der Waals surface area contributed by atoms with Crippen LogP contribution in [0.1, 0.15) is 12.8 Å². The predicted octanol–water partition coefficient (Wildman–Crippen LogP) is 3.19. The molecule has 0 atom stereocenters. The summed E-state index contributed by atoms with van der Waals surface area (Å²) in [4.78, 5) is 21.7. The van der Waals surface area contributed by atoms with Crippen LogP contribution in [-0.2, 0) is 4.79 Å².